The van der Waals surface area contributed by atoms with Gasteiger partial charge in [-0.25, -0.2) is 9.59 Å². The van der Waals surface area contributed by atoms with Crippen LogP contribution in [0.5, 0.6) is 11.5 Å². The fourth-order valence-electron chi connectivity index (χ4n) is 2.40. The molecule has 1 atom stereocenters. The Morgan fingerprint density at radius 1 is 1.07 bits per heavy atom. The zero-order valence-electron chi connectivity index (χ0n) is 14.6. The van der Waals surface area contributed by atoms with Crippen molar-refractivity contribution in [1.29, 1.82) is 5.26 Å². The van der Waals surface area contributed by atoms with Gasteiger partial charge < -0.3 is 20.6 Å². The number of carbonyl (C=O) groups excluding carboxylic acids is 2. The first-order valence-corrected chi connectivity index (χ1v) is 8.14. The lowest BCUT2D eigenvalue weighted by atomic mass is 10.1. The van der Waals surface area contributed by atoms with E-state index < -0.39 is 35.4 Å². The van der Waals surface area contributed by atoms with Crippen molar-refractivity contribution in [1.82, 2.24) is 10.2 Å². The molecule has 2 aromatic carbocycles. The summed E-state index contributed by atoms with van der Waals surface area (Å²) in [5.41, 5.74) is 0.188. The van der Waals surface area contributed by atoms with Crippen molar-refractivity contribution in [3.05, 3.63) is 59.7 Å². The summed E-state index contributed by atoms with van der Waals surface area (Å²) in [6, 6.07) is 10.6. The number of phenolic OH excluding ortho intramolecular Hbond substituents is 2. The highest BCUT2D eigenvalue weighted by molar-refractivity contribution is 6.05. The summed E-state index contributed by atoms with van der Waals surface area (Å²) in [7, 11) is 0. The van der Waals surface area contributed by atoms with Crippen LogP contribution in [-0.4, -0.2) is 44.7 Å². The number of nitriles is 1. The molecule has 0 spiro atoms. The lowest BCUT2D eigenvalue weighted by molar-refractivity contribution is -0.139. The number of carboxylic acids is 1. The second kappa shape index (κ2) is 9.05. The molecule has 0 aliphatic rings. The van der Waals surface area contributed by atoms with Crippen LogP contribution in [0, 0.1) is 11.3 Å². The summed E-state index contributed by atoms with van der Waals surface area (Å²) in [6.07, 6.45) is -0.174. The summed E-state index contributed by atoms with van der Waals surface area (Å²) < 4.78 is 0. The molecular weight excluding hydrogens is 366 g/mol. The number of nitrogens with one attached hydrogen (secondary N) is 1. The molecule has 3 amide bonds. The fourth-order valence-corrected chi connectivity index (χ4v) is 2.40. The first kappa shape index (κ1) is 20.3. The number of carboxylic acid groups (broad SMARTS) is 1. The Balaban J connectivity index is 2.29. The van der Waals surface area contributed by atoms with E-state index in [-0.39, 0.29) is 18.5 Å². The minimum Gasteiger partial charge on any atom is -0.504 e. The van der Waals surface area contributed by atoms with Crippen LogP contribution in [0.25, 0.3) is 0 Å². The average molecular weight is 383 g/mol. The summed E-state index contributed by atoms with van der Waals surface area (Å²) >= 11 is 0. The molecule has 0 bridgehead atoms. The van der Waals surface area contributed by atoms with Gasteiger partial charge in [0, 0.05) is 12.1 Å². The molecule has 9 nitrogen and oxygen atoms in total. The Labute approximate surface area is 160 Å². The van der Waals surface area contributed by atoms with Crippen molar-refractivity contribution in [2.24, 2.45) is 0 Å². The monoisotopic (exact) mass is 383 g/mol. The van der Waals surface area contributed by atoms with Crippen LogP contribution in [-0.2, 0) is 4.79 Å². The van der Waals surface area contributed by atoms with Crippen LogP contribution >= 0.6 is 0 Å². The number of phenols is 2. The van der Waals surface area contributed by atoms with E-state index in [0.29, 0.717) is 10.5 Å². The number of hydrogen-bond acceptors (Lipinski definition) is 6. The highest BCUT2D eigenvalue weighted by atomic mass is 16.4. The maximum atomic E-state index is 12.7. The number of urea groups is 1. The van der Waals surface area contributed by atoms with Crippen molar-refractivity contribution in [2.75, 3.05) is 6.54 Å². The number of nitrogens with zero attached hydrogens (tertiary/aromatic N) is 2. The fraction of sp³-hybridized carbons (Fsp3) is 0.158. The standard InChI is InChI=1S/C19H17N3O6/c20-9-4-10-22(17(25)13-7-8-14(23)15(24)11-13)19(28)21-16(18(26)27)12-5-2-1-3-6-12/h1-3,5-8,11,16,23-24H,4,10H2,(H,21,28)(H,26,27). The van der Waals surface area contributed by atoms with E-state index in [1.165, 1.54) is 18.2 Å². The minimum absolute atomic E-state index is 0.116. The molecule has 4 N–H and O–H groups in total. The van der Waals surface area contributed by atoms with Gasteiger partial charge in [-0.3, -0.25) is 9.69 Å². The highest BCUT2D eigenvalue weighted by Gasteiger charge is 2.28. The molecule has 0 aliphatic carbocycles. The second-order valence-corrected chi connectivity index (χ2v) is 5.70. The van der Waals surface area contributed by atoms with Gasteiger partial charge in [0.1, 0.15) is 0 Å². The van der Waals surface area contributed by atoms with E-state index in [1.54, 1.807) is 18.2 Å². The number of aromatic hydroxyl groups is 2. The van der Waals surface area contributed by atoms with E-state index in [1.807, 2.05) is 6.07 Å². The van der Waals surface area contributed by atoms with Crippen molar-refractivity contribution >= 4 is 17.9 Å². The number of carbonyl (C=O) groups is 3. The lowest BCUT2D eigenvalue weighted by Crippen LogP contribution is -2.47. The van der Waals surface area contributed by atoms with Crippen LogP contribution in [0.2, 0.25) is 0 Å². The number of imide groups is 1. The van der Waals surface area contributed by atoms with Gasteiger partial charge in [0.15, 0.2) is 17.5 Å². The molecule has 9 heteroatoms. The largest absolute Gasteiger partial charge is 0.504 e. The second-order valence-electron chi connectivity index (χ2n) is 5.70. The lowest BCUT2D eigenvalue weighted by Gasteiger charge is -2.23. The van der Waals surface area contributed by atoms with E-state index in [4.69, 9.17) is 5.26 Å². The zero-order chi connectivity index (χ0) is 20.7. The molecular formula is C19H17N3O6. The van der Waals surface area contributed by atoms with Gasteiger partial charge in [-0.05, 0) is 23.8 Å². The minimum atomic E-state index is -1.40. The van der Waals surface area contributed by atoms with Gasteiger partial charge in [-0.2, -0.15) is 5.26 Å². The first-order chi connectivity index (χ1) is 13.3. The van der Waals surface area contributed by atoms with Crippen LogP contribution < -0.4 is 5.32 Å². The third kappa shape index (κ3) is 4.76. The Hall–Kier alpha value is -4.06. The van der Waals surface area contributed by atoms with Gasteiger partial charge in [0.2, 0.25) is 0 Å². The van der Waals surface area contributed by atoms with Crippen LogP contribution in [0.15, 0.2) is 48.5 Å². The number of rotatable bonds is 6. The third-order valence-electron chi connectivity index (χ3n) is 3.81. The van der Waals surface area contributed by atoms with Gasteiger partial charge in [-0.15, -0.1) is 0 Å². The summed E-state index contributed by atoms with van der Waals surface area (Å²) in [5, 5.41) is 39.4. The summed E-state index contributed by atoms with van der Waals surface area (Å²) in [5.74, 6) is -3.19. The van der Waals surface area contributed by atoms with E-state index in [0.717, 1.165) is 12.1 Å². The molecule has 0 aromatic heterocycles. The molecule has 0 saturated carbocycles. The van der Waals surface area contributed by atoms with Crippen LogP contribution in [0.4, 0.5) is 4.79 Å². The predicted octanol–water partition coefficient (Wildman–Crippen LogP) is 1.99. The summed E-state index contributed by atoms with van der Waals surface area (Å²) in [6.45, 7) is -0.288. The van der Waals surface area contributed by atoms with Crippen molar-refractivity contribution < 1.29 is 29.7 Å². The molecule has 2 aromatic rings. The maximum absolute atomic E-state index is 12.7. The molecule has 0 saturated heterocycles. The topological polar surface area (TPSA) is 151 Å². The van der Waals surface area contributed by atoms with Crippen LogP contribution in [0.1, 0.15) is 28.4 Å². The molecule has 28 heavy (non-hydrogen) atoms. The SMILES string of the molecule is N#CCCN(C(=O)NC(C(=O)O)c1ccccc1)C(=O)c1ccc(O)c(O)c1. The molecule has 1 unspecified atom stereocenters. The third-order valence-corrected chi connectivity index (χ3v) is 3.81. The van der Waals surface area contributed by atoms with E-state index in [2.05, 4.69) is 5.32 Å². The Kier molecular flexibility index (Phi) is 6.54. The molecule has 2 rings (SSSR count). The number of aliphatic carboxylic acids is 1. The highest BCUT2D eigenvalue weighted by Crippen LogP contribution is 2.25. The van der Waals surface area contributed by atoms with Crippen molar-refractivity contribution in [3.63, 3.8) is 0 Å². The Morgan fingerprint density at radius 3 is 2.32 bits per heavy atom. The maximum Gasteiger partial charge on any atom is 0.330 e. The molecule has 0 aliphatic heterocycles. The van der Waals surface area contributed by atoms with Crippen LogP contribution in [0.3, 0.4) is 0 Å². The molecule has 0 fully saturated rings. The van der Waals surface area contributed by atoms with Gasteiger partial charge in [0.25, 0.3) is 5.91 Å². The van der Waals surface area contributed by atoms with Gasteiger partial charge >= 0.3 is 12.0 Å². The molecule has 144 valence electrons. The number of benzene rings is 2. The normalized spacial score (nSPS) is 11.1. The smallest absolute Gasteiger partial charge is 0.330 e. The van der Waals surface area contributed by atoms with Crippen molar-refractivity contribution in [2.45, 2.75) is 12.5 Å². The summed E-state index contributed by atoms with van der Waals surface area (Å²) in [4.78, 5) is 37.5. The van der Waals surface area contributed by atoms with E-state index >= 15 is 0 Å². The first-order valence-electron chi connectivity index (χ1n) is 8.14. The molecule has 0 radical (unpaired) electrons. The Bertz CT molecular complexity index is 923. The van der Waals surface area contributed by atoms with Gasteiger partial charge in [-0.1, -0.05) is 30.3 Å². The van der Waals surface area contributed by atoms with Crippen molar-refractivity contribution in [3.8, 4) is 17.6 Å². The molecule has 0 heterocycles. The quantitative estimate of drug-likeness (QED) is 0.557. The number of amides is 3. The van der Waals surface area contributed by atoms with Gasteiger partial charge in [0.05, 0.1) is 12.5 Å². The number of hydrogen-bond donors (Lipinski definition) is 4. The zero-order valence-corrected chi connectivity index (χ0v) is 14.6. The van der Waals surface area contributed by atoms with E-state index in [9.17, 15) is 29.7 Å². The predicted molar refractivity (Wildman–Crippen MR) is 96.4 cm³/mol. The Morgan fingerprint density at radius 2 is 1.75 bits per heavy atom. The average Bonchev–Trinajstić information content (AvgIpc) is 2.68.